The number of cyclic esters (lactones) is 1. The Morgan fingerprint density at radius 1 is 1.10 bits per heavy atom. The molecule has 0 unspecified atom stereocenters. The summed E-state index contributed by atoms with van der Waals surface area (Å²) in [6.45, 7) is 2.16. The summed E-state index contributed by atoms with van der Waals surface area (Å²) in [4.78, 5) is 41.2. The summed E-state index contributed by atoms with van der Waals surface area (Å²) in [6, 6.07) is 14.3. The Bertz CT molecular complexity index is 1040. The molecule has 2 aromatic carbocycles. The lowest BCUT2D eigenvalue weighted by atomic mass is 10.1. The molecule has 0 spiro atoms. The van der Waals surface area contributed by atoms with Crippen LogP contribution >= 0.6 is 0 Å². The first kappa shape index (κ1) is 18.6. The predicted octanol–water partition coefficient (Wildman–Crippen LogP) is 3.12. The number of hydrogen-bond donors (Lipinski definition) is 1. The van der Waals surface area contributed by atoms with Crippen LogP contribution in [0.1, 0.15) is 30.9 Å². The lowest BCUT2D eigenvalue weighted by Gasteiger charge is -2.15. The van der Waals surface area contributed by atoms with Crippen molar-refractivity contribution >= 4 is 41.1 Å². The second-order valence-electron chi connectivity index (χ2n) is 6.84. The van der Waals surface area contributed by atoms with E-state index in [-0.39, 0.29) is 23.4 Å². The van der Waals surface area contributed by atoms with Crippen molar-refractivity contribution in [2.24, 2.45) is 4.99 Å². The molecule has 0 aliphatic carbocycles. The number of amides is 2. The van der Waals surface area contributed by atoms with Gasteiger partial charge in [-0.05, 0) is 54.5 Å². The third-order valence-electron chi connectivity index (χ3n) is 4.65. The van der Waals surface area contributed by atoms with Crippen LogP contribution in [0.3, 0.4) is 0 Å². The molecule has 2 aliphatic heterocycles. The summed E-state index contributed by atoms with van der Waals surface area (Å²) in [5.74, 6) is -0.317. The van der Waals surface area contributed by atoms with E-state index < -0.39 is 5.97 Å². The third kappa shape index (κ3) is 4.08. The van der Waals surface area contributed by atoms with E-state index in [9.17, 15) is 14.4 Å². The Balaban J connectivity index is 1.52. The zero-order valence-corrected chi connectivity index (χ0v) is 15.8. The van der Waals surface area contributed by atoms with E-state index in [4.69, 9.17) is 4.74 Å². The highest BCUT2D eigenvalue weighted by molar-refractivity contribution is 6.13. The molecule has 1 N–H and O–H groups in total. The van der Waals surface area contributed by atoms with Crippen molar-refractivity contribution in [3.63, 3.8) is 0 Å². The minimum absolute atomic E-state index is 0.122. The zero-order chi connectivity index (χ0) is 20.4. The molecule has 1 saturated heterocycles. The maximum Gasteiger partial charge on any atom is 0.363 e. The lowest BCUT2D eigenvalue weighted by Crippen LogP contribution is -2.23. The molecule has 7 nitrogen and oxygen atoms in total. The van der Waals surface area contributed by atoms with Crippen molar-refractivity contribution in [1.29, 1.82) is 0 Å². The van der Waals surface area contributed by atoms with Gasteiger partial charge >= 0.3 is 5.97 Å². The van der Waals surface area contributed by atoms with Crippen molar-refractivity contribution in [1.82, 2.24) is 0 Å². The molecule has 2 aromatic rings. The number of anilines is 2. The summed E-state index contributed by atoms with van der Waals surface area (Å²) in [7, 11) is 0. The van der Waals surface area contributed by atoms with E-state index in [1.807, 2.05) is 12.1 Å². The van der Waals surface area contributed by atoms with Gasteiger partial charge in [-0.25, -0.2) is 9.79 Å². The Morgan fingerprint density at radius 3 is 2.45 bits per heavy atom. The molecule has 1 fully saturated rings. The molecule has 0 bridgehead atoms. The number of esters is 1. The maximum atomic E-state index is 12.2. The molecule has 2 heterocycles. The molecular formula is C22H19N3O4. The van der Waals surface area contributed by atoms with Gasteiger partial charge in [0.15, 0.2) is 5.70 Å². The number of benzene rings is 2. The van der Waals surface area contributed by atoms with Crippen LogP contribution in [0, 0.1) is 0 Å². The Hall–Kier alpha value is -3.74. The summed E-state index contributed by atoms with van der Waals surface area (Å²) in [6.07, 6.45) is 3.07. The van der Waals surface area contributed by atoms with Gasteiger partial charge in [0.2, 0.25) is 17.7 Å². The van der Waals surface area contributed by atoms with Gasteiger partial charge in [-0.2, -0.15) is 0 Å². The van der Waals surface area contributed by atoms with Crippen LogP contribution in [0.5, 0.6) is 0 Å². The van der Waals surface area contributed by atoms with Crippen molar-refractivity contribution in [3.05, 3.63) is 65.4 Å². The fraction of sp³-hybridized carbons (Fsp3) is 0.182. The third-order valence-corrected chi connectivity index (χ3v) is 4.65. The fourth-order valence-electron chi connectivity index (χ4n) is 3.26. The van der Waals surface area contributed by atoms with Gasteiger partial charge in [0.05, 0.1) is 0 Å². The van der Waals surface area contributed by atoms with Crippen LogP contribution < -0.4 is 10.2 Å². The molecule has 7 heteroatoms. The summed E-state index contributed by atoms with van der Waals surface area (Å²) in [5, 5.41) is 2.69. The summed E-state index contributed by atoms with van der Waals surface area (Å²) >= 11 is 0. The number of rotatable bonds is 4. The molecule has 146 valence electrons. The number of aliphatic imine (C=N–C) groups is 1. The number of carbonyl (C=O) groups excluding carboxylic acids is 3. The molecule has 2 amide bonds. The Kier molecular flexibility index (Phi) is 4.95. The van der Waals surface area contributed by atoms with Crippen molar-refractivity contribution < 1.29 is 19.1 Å². The van der Waals surface area contributed by atoms with E-state index >= 15 is 0 Å². The Labute approximate surface area is 167 Å². The normalized spacial score (nSPS) is 17.5. The lowest BCUT2D eigenvalue weighted by molar-refractivity contribution is -0.130. The van der Waals surface area contributed by atoms with E-state index in [0.29, 0.717) is 17.7 Å². The van der Waals surface area contributed by atoms with Crippen LogP contribution in [0.25, 0.3) is 6.08 Å². The van der Waals surface area contributed by atoms with Crippen LogP contribution in [0.15, 0.2) is 59.2 Å². The molecule has 4 rings (SSSR count). The molecule has 0 saturated carbocycles. The SMILES string of the molecule is CC(=O)Nc1ccc(/C=C2/N=C(c3ccc(N4CCCC4=O)cc3)OC2=O)cc1. The van der Waals surface area contributed by atoms with E-state index in [1.165, 1.54) is 6.92 Å². The number of ether oxygens (including phenoxy) is 1. The first-order valence-corrected chi connectivity index (χ1v) is 9.30. The van der Waals surface area contributed by atoms with Gasteiger partial charge in [0.1, 0.15) is 0 Å². The largest absolute Gasteiger partial charge is 0.402 e. The highest BCUT2D eigenvalue weighted by atomic mass is 16.6. The van der Waals surface area contributed by atoms with Crippen LogP contribution in [0.4, 0.5) is 11.4 Å². The Morgan fingerprint density at radius 2 is 1.83 bits per heavy atom. The number of carbonyl (C=O) groups is 3. The quantitative estimate of drug-likeness (QED) is 0.643. The first-order chi connectivity index (χ1) is 14.0. The van der Waals surface area contributed by atoms with Crippen molar-refractivity contribution in [2.75, 3.05) is 16.8 Å². The fourth-order valence-corrected chi connectivity index (χ4v) is 3.26. The van der Waals surface area contributed by atoms with Gasteiger partial charge in [-0.3, -0.25) is 9.59 Å². The molecule has 2 aliphatic rings. The number of nitrogens with one attached hydrogen (secondary N) is 1. The highest BCUT2D eigenvalue weighted by Crippen LogP contribution is 2.24. The maximum absolute atomic E-state index is 12.2. The topological polar surface area (TPSA) is 88.1 Å². The van der Waals surface area contributed by atoms with Crippen LogP contribution in [-0.2, 0) is 19.1 Å². The van der Waals surface area contributed by atoms with E-state index in [0.717, 1.165) is 24.2 Å². The van der Waals surface area contributed by atoms with Gasteiger partial charge in [-0.15, -0.1) is 0 Å². The highest BCUT2D eigenvalue weighted by Gasteiger charge is 2.25. The smallest absolute Gasteiger partial charge is 0.363 e. The minimum Gasteiger partial charge on any atom is -0.402 e. The minimum atomic E-state index is -0.523. The number of hydrogen-bond acceptors (Lipinski definition) is 5. The molecule has 0 radical (unpaired) electrons. The number of nitrogens with zero attached hydrogens (tertiary/aromatic N) is 2. The van der Waals surface area contributed by atoms with Gasteiger partial charge in [-0.1, -0.05) is 12.1 Å². The van der Waals surface area contributed by atoms with Crippen LogP contribution in [0.2, 0.25) is 0 Å². The average Bonchev–Trinajstić information content (AvgIpc) is 3.29. The van der Waals surface area contributed by atoms with Gasteiger partial charge in [0, 0.05) is 36.8 Å². The molecule has 0 atom stereocenters. The predicted molar refractivity (Wildman–Crippen MR) is 109 cm³/mol. The monoisotopic (exact) mass is 389 g/mol. The second kappa shape index (κ2) is 7.71. The second-order valence-corrected chi connectivity index (χ2v) is 6.84. The summed E-state index contributed by atoms with van der Waals surface area (Å²) in [5.41, 5.74) is 3.13. The zero-order valence-electron chi connectivity index (χ0n) is 15.8. The summed E-state index contributed by atoms with van der Waals surface area (Å²) < 4.78 is 5.30. The van der Waals surface area contributed by atoms with E-state index in [1.54, 1.807) is 47.4 Å². The standard InChI is InChI=1S/C22H19N3O4/c1-14(26)23-17-8-4-15(5-9-17)13-19-22(28)29-21(24-19)16-6-10-18(11-7-16)25-12-2-3-20(25)27/h4-11,13H,2-3,12H2,1H3,(H,23,26)/b19-13+. The molecular weight excluding hydrogens is 370 g/mol. The van der Waals surface area contributed by atoms with Crippen molar-refractivity contribution in [3.8, 4) is 0 Å². The van der Waals surface area contributed by atoms with Gasteiger partial charge in [0.25, 0.3) is 0 Å². The van der Waals surface area contributed by atoms with E-state index in [2.05, 4.69) is 10.3 Å². The first-order valence-electron chi connectivity index (χ1n) is 9.30. The van der Waals surface area contributed by atoms with Gasteiger partial charge < -0.3 is 15.0 Å². The van der Waals surface area contributed by atoms with Crippen molar-refractivity contribution in [2.45, 2.75) is 19.8 Å². The molecule has 29 heavy (non-hydrogen) atoms. The average molecular weight is 389 g/mol. The molecule has 0 aromatic heterocycles. The van der Waals surface area contributed by atoms with Crippen LogP contribution in [-0.4, -0.2) is 30.2 Å².